The molecule has 0 N–H and O–H groups in total. The molecule has 0 saturated carbocycles. The maximum Gasteiger partial charge on any atom is 0.411 e. The summed E-state index contributed by atoms with van der Waals surface area (Å²) in [6, 6.07) is 9.40. The van der Waals surface area contributed by atoms with Crippen molar-refractivity contribution in [2.75, 3.05) is 13.2 Å². The molecule has 9 heteroatoms. The standard InChI is InChI=1S/C27H38N2O6Si/c1-8-13-28-21-12-10-9-11-19(21)16-22(28)25(31)34-20-17-23(24(30)33-14-15-36(5,6)7)29(18-20)26(32)35-27(2,3)4/h8-12,16,20,23H,1,13-15,17-18H2,2-7H3/t20-,23+/m1/s1. The number of likely N-dealkylation sites (tertiary alicyclic amines) is 1. The summed E-state index contributed by atoms with van der Waals surface area (Å²) >= 11 is 0. The number of esters is 2. The minimum Gasteiger partial charge on any atom is -0.464 e. The Morgan fingerprint density at radius 1 is 1.17 bits per heavy atom. The van der Waals surface area contributed by atoms with Gasteiger partial charge in [0.25, 0.3) is 0 Å². The zero-order valence-electron chi connectivity index (χ0n) is 22.2. The van der Waals surface area contributed by atoms with Crippen LogP contribution in [0.1, 0.15) is 37.7 Å². The van der Waals surface area contributed by atoms with Gasteiger partial charge in [-0.2, -0.15) is 0 Å². The second kappa shape index (κ2) is 10.9. The lowest BCUT2D eigenvalue weighted by Gasteiger charge is -2.27. The molecule has 0 unspecified atom stereocenters. The topological polar surface area (TPSA) is 87.1 Å². The van der Waals surface area contributed by atoms with Crippen molar-refractivity contribution in [3.8, 4) is 0 Å². The molecule has 2 heterocycles. The number of hydrogen-bond donors (Lipinski definition) is 0. The first-order valence-corrected chi connectivity index (χ1v) is 16.1. The van der Waals surface area contributed by atoms with Crippen LogP contribution < -0.4 is 0 Å². The molecule has 3 rings (SSSR count). The maximum atomic E-state index is 13.2. The Hall–Kier alpha value is -3.07. The van der Waals surface area contributed by atoms with E-state index in [0.717, 1.165) is 16.9 Å². The highest BCUT2D eigenvalue weighted by Crippen LogP contribution is 2.27. The van der Waals surface area contributed by atoms with Crippen LogP contribution in [0.4, 0.5) is 4.79 Å². The van der Waals surface area contributed by atoms with E-state index in [4.69, 9.17) is 14.2 Å². The Labute approximate surface area is 214 Å². The average molecular weight is 515 g/mol. The molecule has 1 fully saturated rings. The van der Waals surface area contributed by atoms with Gasteiger partial charge in [0.05, 0.1) is 13.2 Å². The summed E-state index contributed by atoms with van der Waals surface area (Å²) < 4.78 is 18.7. The van der Waals surface area contributed by atoms with Crippen molar-refractivity contribution in [1.82, 2.24) is 9.47 Å². The zero-order chi connectivity index (χ0) is 26.7. The Morgan fingerprint density at radius 3 is 2.50 bits per heavy atom. The van der Waals surface area contributed by atoms with E-state index in [-0.39, 0.29) is 13.0 Å². The molecular formula is C27H38N2O6Si. The van der Waals surface area contributed by atoms with Gasteiger partial charge in [0, 0.05) is 31.9 Å². The molecule has 2 atom stereocenters. The quantitative estimate of drug-likeness (QED) is 0.207. The van der Waals surface area contributed by atoms with Crippen LogP contribution in [0.2, 0.25) is 25.7 Å². The van der Waals surface area contributed by atoms with Crippen molar-refractivity contribution in [3.05, 3.63) is 48.7 Å². The molecule has 0 spiro atoms. The number of rotatable bonds is 8. The van der Waals surface area contributed by atoms with Crippen LogP contribution in [-0.4, -0.2) is 66.5 Å². The second-order valence-corrected chi connectivity index (χ2v) is 17.0. The lowest BCUT2D eigenvalue weighted by atomic mass is 10.2. The van der Waals surface area contributed by atoms with Crippen molar-refractivity contribution < 1.29 is 28.6 Å². The minimum absolute atomic E-state index is 0.0517. The molecule has 196 valence electrons. The smallest absolute Gasteiger partial charge is 0.411 e. The molecule has 1 aliphatic heterocycles. The highest BCUT2D eigenvalue weighted by Gasteiger charge is 2.44. The number of aromatic nitrogens is 1. The van der Waals surface area contributed by atoms with Gasteiger partial charge < -0.3 is 18.8 Å². The van der Waals surface area contributed by atoms with E-state index in [2.05, 4.69) is 26.2 Å². The summed E-state index contributed by atoms with van der Waals surface area (Å²) in [6.07, 6.45) is 0.567. The lowest BCUT2D eigenvalue weighted by Crippen LogP contribution is -2.44. The van der Waals surface area contributed by atoms with Gasteiger partial charge in [-0.25, -0.2) is 14.4 Å². The van der Waals surface area contributed by atoms with E-state index in [0.29, 0.717) is 18.8 Å². The van der Waals surface area contributed by atoms with Crippen molar-refractivity contribution in [3.63, 3.8) is 0 Å². The summed E-state index contributed by atoms with van der Waals surface area (Å²) in [6.45, 7) is 16.5. The molecule has 36 heavy (non-hydrogen) atoms. The largest absolute Gasteiger partial charge is 0.464 e. The molecular weight excluding hydrogens is 476 g/mol. The molecule has 0 aliphatic carbocycles. The van der Waals surface area contributed by atoms with E-state index in [1.165, 1.54) is 4.90 Å². The van der Waals surface area contributed by atoms with Crippen LogP contribution in [-0.2, 0) is 25.5 Å². The van der Waals surface area contributed by atoms with Gasteiger partial charge in [0.1, 0.15) is 23.4 Å². The third kappa shape index (κ3) is 6.99. The molecule has 1 aromatic heterocycles. The van der Waals surface area contributed by atoms with Crippen LogP contribution in [0, 0.1) is 0 Å². The Kier molecular flexibility index (Phi) is 8.33. The first-order chi connectivity index (χ1) is 16.8. The fourth-order valence-electron chi connectivity index (χ4n) is 4.10. The molecule has 0 radical (unpaired) electrons. The van der Waals surface area contributed by atoms with Crippen molar-refractivity contribution >= 4 is 37.0 Å². The van der Waals surface area contributed by atoms with E-state index < -0.39 is 43.9 Å². The van der Waals surface area contributed by atoms with Crippen LogP contribution >= 0.6 is 0 Å². The number of amides is 1. The number of fused-ring (bicyclic) bond motifs is 1. The van der Waals surface area contributed by atoms with Gasteiger partial charge in [-0.15, -0.1) is 6.58 Å². The fraction of sp³-hybridized carbons (Fsp3) is 0.519. The van der Waals surface area contributed by atoms with Gasteiger partial charge >= 0.3 is 18.0 Å². The van der Waals surface area contributed by atoms with Crippen molar-refractivity contribution in [2.24, 2.45) is 0 Å². The van der Waals surface area contributed by atoms with Crippen LogP contribution in [0.15, 0.2) is 43.0 Å². The minimum atomic E-state index is -1.39. The van der Waals surface area contributed by atoms with E-state index >= 15 is 0 Å². The maximum absolute atomic E-state index is 13.2. The molecule has 1 aromatic carbocycles. The molecule has 2 aromatic rings. The third-order valence-electron chi connectivity index (χ3n) is 5.86. The lowest BCUT2D eigenvalue weighted by molar-refractivity contribution is -0.148. The number of ether oxygens (including phenoxy) is 3. The Bertz CT molecular complexity index is 1130. The third-order valence-corrected chi connectivity index (χ3v) is 7.57. The Balaban J connectivity index is 1.78. The monoisotopic (exact) mass is 514 g/mol. The first kappa shape index (κ1) is 27.5. The summed E-state index contributed by atoms with van der Waals surface area (Å²) in [4.78, 5) is 40.4. The molecule has 1 aliphatic rings. The number of allylic oxidation sites excluding steroid dienone is 1. The molecule has 1 saturated heterocycles. The first-order valence-electron chi connectivity index (χ1n) is 12.4. The van der Waals surface area contributed by atoms with Crippen molar-refractivity contribution in [1.29, 1.82) is 0 Å². The SMILES string of the molecule is C=CCn1c(C(=O)O[C@@H]2C[C@@H](C(=O)OCC[Si](C)(C)C)N(C(=O)OC(C)(C)C)C2)cc2ccccc21. The zero-order valence-corrected chi connectivity index (χ0v) is 23.2. The highest BCUT2D eigenvalue weighted by atomic mass is 28.3. The van der Waals surface area contributed by atoms with E-state index in [1.807, 2.05) is 28.8 Å². The summed E-state index contributed by atoms with van der Waals surface area (Å²) in [7, 11) is -1.39. The summed E-state index contributed by atoms with van der Waals surface area (Å²) in [5, 5.41) is 0.914. The van der Waals surface area contributed by atoms with Crippen LogP contribution in [0.25, 0.3) is 10.9 Å². The molecule has 1 amide bonds. The Morgan fingerprint density at radius 2 is 1.86 bits per heavy atom. The van der Waals surface area contributed by atoms with Crippen LogP contribution in [0.3, 0.4) is 0 Å². The van der Waals surface area contributed by atoms with Gasteiger partial charge in [0.2, 0.25) is 0 Å². The number of para-hydroxylation sites is 1. The second-order valence-electron chi connectivity index (χ2n) is 11.4. The summed E-state index contributed by atoms with van der Waals surface area (Å²) in [5.74, 6) is -1.02. The number of benzene rings is 1. The predicted octanol–water partition coefficient (Wildman–Crippen LogP) is 5.24. The number of carbonyl (C=O) groups excluding carboxylic acids is 3. The van der Waals surface area contributed by atoms with Gasteiger partial charge in [-0.3, -0.25) is 4.90 Å². The molecule has 8 nitrogen and oxygen atoms in total. The normalized spacial score (nSPS) is 18.2. The number of nitrogens with zero attached hydrogens (tertiary/aromatic N) is 2. The van der Waals surface area contributed by atoms with Gasteiger partial charge in [-0.05, 0) is 38.9 Å². The number of hydrogen-bond acceptors (Lipinski definition) is 6. The number of carbonyl (C=O) groups is 3. The fourth-order valence-corrected chi connectivity index (χ4v) is 4.81. The summed E-state index contributed by atoms with van der Waals surface area (Å²) in [5.41, 5.74) is 0.556. The molecule has 0 bridgehead atoms. The predicted molar refractivity (Wildman–Crippen MR) is 142 cm³/mol. The van der Waals surface area contributed by atoms with E-state index in [9.17, 15) is 14.4 Å². The van der Waals surface area contributed by atoms with Gasteiger partial charge in [-0.1, -0.05) is 43.9 Å². The van der Waals surface area contributed by atoms with Gasteiger partial charge in [0.15, 0.2) is 0 Å². The van der Waals surface area contributed by atoms with Crippen molar-refractivity contribution in [2.45, 2.75) is 77.2 Å². The highest BCUT2D eigenvalue weighted by molar-refractivity contribution is 6.76. The average Bonchev–Trinajstić information content (AvgIpc) is 3.34. The van der Waals surface area contributed by atoms with E-state index in [1.54, 1.807) is 32.9 Å². The van der Waals surface area contributed by atoms with Crippen LogP contribution in [0.5, 0.6) is 0 Å².